The van der Waals surface area contributed by atoms with Crippen molar-refractivity contribution in [3.8, 4) is 11.6 Å². The smallest absolute Gasteiger partial charge is 0.250 e. The molecule has 132 valence electrons. The van der Waals surface area contributed by atoms with Crippen molar-refractivity contribution in [2.45, 2.75) is 12.6 Å². The molecule has 1 aromatic carbocycles. The molecule has 0 spiro atoms. The van der Waals surface area contributed by atoms with Gasteiger partial charge in [0.25, 0.3) is 0 Å². The van der Waals surface area contributed by atoms with E-state index in [9.17, 15) is 4.79 Å². The maximum atomic E-state index is 11.7. The fourth-order valence-electron chi connectivity index (χ4n) is 2.50. The molecule has 1 saturated heterocycles. The number of ether oxygens (including phenoxy) is 2. The number of morpholine rings is 1. The molecule has 2 heterocycles. The first-order valence-corrected chi connectivity index (χ1v) is 8.32. The highest BCUT2D eigenvalue weighted by atomic mass is 35.5. The van der Waals surface area contributed by atoms with Gasteiger partial charge < -0.3 is 14.8 Å². The summed E-state index contributed by atoms with van der Waals surface area (Å²) in [5.41, 5.74) is 0.806. The zero-order valence-corrected chi connectivity index (χ0v) is 14.6. The average molecular weight is 363 g/mol. The van der Waals surface area contributed by atoms with E-state index in [4.69, 9.17) is 21.1 Å². The summed E-state index contributed by atoms with van der Waals surface area (Å²) in [6.07, 6.45) is 2.81. The molecule has 1 aromatic heterocycles. The van der Waals surface area contributed by atoms with Crippen molar-refractivity contribution >= 4 is 17.5 Å². The first-order valence-electron chi connectivity index (χ1n) is 7.94. The molecule has 0 bridgehead atoms. The lowest BCUT2D eigenvalue weighted by atomic mass is 10.2. The Hall–Kier alpha value is -2.22. The van der Waals surface area contributed by atoms with Crippen molar-refractivity contribution in [3.05, 3.63) is 47.4 Å². The number of halogens is 1. The highest BCUT2D eigenvalue weighted by molar-refractivity contribution is 6.30. The van der Waals surface area contributed by atoms with E-state index in [0.29, 0.717) is 36.3 Å². The van der Waals surface area contributed by atoms with Crippen LogP contribution in [0.4, 0.5) is 0 Å². The summed E-state index contributed by atoms with van der Waals surface area (Å²) in [6, 6.07) is 7.04. The van der Waals surface area contributed by atoms with Crippen LogP contribution in [0.2, 0.25) is 5.02 Å². The van der Waals surface area contributed by atoms with E-state index < -0.39 is 6.10 Å². The second-order valence-electron chi connectivity index (χ2n) is 5.61. The van der Waals surface area contributed by atoms with Gasteiger partial charge in [-0.1, -0.05) is 11.6 Å². The van der Waals surface area contributed by atoms with E-state index in [-0.39, 0.29) is 5.91 Å². The molecule has 1 fully saturated rings. The van der Waals surface area contributed by atoms with Gasteiger partial charge in [-0.3, -0.25) is 14.7 Å². The molecule has 7 nitrogen and oxygen atoms in total. The number of hydrogen-bond acceptors (Lipinski definition) is 6. The Balaban J connectivity index is 1.57. The number of benzene rings is 1. The Bertz CT molecular complexity index is 709. The van der Waals surface area contributed by atoms with Crippen LogP contribution in [0.1, 0.15) is 5.69 Å². The summed E-state index contributed by atoms with van der Waals surface area (Å²) in [4.78, 5) is 22.5. The summed E-state index contributed by atoms with van der Waals surface area (Å²) in [5, 5.41) is 3.26. The Morgan fingerprint density at radius 1 is 1.36 bits per heavy atom. The van der Waals surface area contributed by atoms with Gasteiger partial charge in [-0.25, -0.2) is 4.98 Å². The number of aromatic nitrogens is 2. The van der Waals surface area contributed by atoms with Crippen LogP contribution in [0, 0.1) is 0 Å². The molecule has 1 aliphatic rings. The van der Waals surface area contributed by atoms with Crippen molar-refractivity contribution in [2.24, 2.45) is 0 Å². The second kappa shape index (κ2) is 8.24. The van der Waals surface area contributed by atoms with Crippen LogP contribution in [0.15, 0.2) is 36.7 Å². The van der Waals surface area contributed by atoms with Gasteiger partial charge in [0.1, 0.15) is 11.9 Å². The maximum Gasteiger partial charge on any atom is 0.250 e. The third-order valence-electron chi connectivity index (χ3n) is 3.79. The average Bonchev–Trinajstić information content (AvgIpc) is 2.65. The highest BCUT2D eigenvalue weighted by Crippen LogP contribution is 2.21. The van der Waals surface area contributed by atoms with Crippen molar-refractivity contribution in [1.82, 2.24) is 20.2 Å². The quantitative estimate of drug-likeness (QED) is 0.875. The number of carbonyl (C=O) groups is 1. The molecule has 2 aromatic rings. The third kappa shape index (κ3) is 4.88. The number of nitrogens with zero attached hydrogens (tertiary/aromatic N) is 3. The van der Waals surface area contributed by atoms with E-state index in [1.54, 1.807) is 43.7 Å². The lowest BCUT2D eigenvalue weighted by molar-refractivity contribution is -0.138. The van der Waals surface area contributed by atoms with Gasteiger partial charge in [0.05, 0.1) is 24.7 Å². The second-order valence-corrected chi connectivity index (χ2v) is 6.05. The fourth-order valence-corrected chi connectivity index (χ4v) is 2.62. The predicted molar refractivity (Wildman–Crippen MR) is 92.6 cm³/mol. The molecule has 0 aliphatic carbocycles. The van der Waals surface area contributed by atoms with Gasteiger partial charge >= 0.3 is 0 Å². The van der Waals surface area contributed by atoms with Gasteiger partial charge in [0, 0.05) is 31.7 Å². The Labute approximate surface area is 150 Å². The summed E-state index contributed by atoms with van der Waals surface area (Å²) in [6.45, 7) is 2.40. The summed E-state index contributed by atoms with van der Waals surface area (Å²) >= 11 is 5.84. The van der Waals surface area contributed by atoms with Gasteiger partial charge in [-0.15, -0.1) is 0 Å². The van der Waals surface area contributed by atoms with E-state index >= 15 is 0 Å². The van der Waals surface area contributed by atoms with Crippen molar-refractivity contribution in [1.29, 1.82) is 0 Å². The third-order valence-corrected chi connectivity index (χ3v) is 4.04. The van der Waals surface area contributed by atoms with Crippen LogP contribution in [-0.4, -0.2) is 53.6 Å². The van der Waals surface area contributed by atoms with E-state index in [2.05, 4.69) is 20.2 Å². The number of rotatable bonds is 5. The van der Waals surface area contributed by atoms with Crippen molar-refractivity contribution in [2.75, 3.05) is 26.7 Å². The maximum absolute atomic E-state index is 11.7. The van der Waals surface area contributed by atoms with E-state index in [1.165, 1.54) is 0 Å². The molecule has 0 saturated carbocycles. The zero-order chi connectivity index (χ0) is 17.6. The van der Waals surface area contributed by atoms with Crippen LogP contribution < -0.4 is 10.1 Å². The predicted octanol–water partition coefficient (Wildman–Crippen LogP) is 1.87. The minimum atomic E-state index is -0.445. The molecule has 8 heteroatoms. The minimum absolute atomic E-state index is 0.109. The van der Waals surface area contributed by atoms with Crippen LogP contribution in [0.3, 0.4) is 0 Å². The molecule has 1 aliphatic heterocycles. The van der Waals surface area contributed by atoms with Crippen molar-refractivity contribution in [3.63, 3.8) is 0 Å². The van der Waals surface area contributed by atoms with E-state index in [1.807, 2.05) is 0 Å². The lowest BCUT2D eigenvalue weighted by Gasteiger charge is -2.31. The molecule has 0 unspecified atom stereocenters. The summed E-state index contributed by atoms with van der Waals surface area (Å²) < 4.78 is 11.1. The highest BCUT2D eigenvalue weighted by Gasteiger charge is 2.26. The number of carbonyl (C=O) groups excluding carboxylic acids is 1. The lowest BCUT2D eigenvalue weighted by Crippen LogP contribution is -2.48. The van der Waals surface area contributed by atoms with Crippen LogP contribution >= 0.6 is 11.6 Å². The van der Waals surface area contributed by atoms with E-state index in [0.717, 1.165) is 12.2 Å². The topological polar surface area (TPSA) is 76.6 Å². The van der Waals surface area contributed by atoms with Gasteiger partial charge in [-0.05, 0) is 24.3 Å². The van der Waals surface area contributed by atoms with Gasteiger partial charge in [0.15, 0.2) is 0 Å². The largest absolute Gasteiger partial charge is 0.438 e. The monoisotopic (exact) mass is 362 g/mol. The molecular formula is C17H19ClN4O3. The first-order chi connectivity index (χ1) is 12.1. The first kappa shape index (κ1) is 17.6. The van der Waals surface area contributed by atoms with Crippen LogP contribution in [0.25, 0.3) is 0 Å². The number of likely N-dealkylation sites (N-methyl/N-ethyl adjacent to an activating group) is 1. The van der Waals surface area contributed by atoms with Crippen molar-refractivity contribution < 1.29 is 14.3 Å². The number of amides is 1. The number of hydrogen-bond donors (Lipinski definition) is 1. The molecule has 1 atom stereocenters. The minimum Gasteiger partial charge on any atom is -0.438 e. The Morgan fingerprint density at radius 3 is 2.84 bits per heavy atom. The SMILES string of the molecule is CNC(=O)[C@@H]1CN(Cc2cnc(Oc3ccc(Cl)cc3)cn2)CCO1. The Morgan fingerprint density at radius 2 is 2.16 bits per heavy atom. The summed E-state index contributed by atoms with van der Waals surface area (Å²) in [7, 11) is 1.61. The van der Waals surface area contributed by atoms with Crippen LogP contribution in [-0.2, 0) is 16.1 Å². The fraction of sp³-hybridized carbons (Fsp3) is 0.353. The molecule has 1 amide bonds. The standard InChI is InChI=1S/C17H19ClN4O3/c1-19-17(23)15-11-22(6-7-24-15)10-13-8-21-16(9-20-13)25-14-4-2-12(18)3-5-14/h2-5,8-9,15H,6-7,10-11H2,1H3,(H,19,23)/t15-/m0/s1. The van der Waals surface area contributed by atoms with Crippen LogP contribution in [0.5, 0.6) is 11.6 Å². The molecule has 25 heavy (non-hydrogen) atoms. The summed E-state index contributed by atoms with van der Waals surface area (Å²) in [5.74, 6) is 0.951. The molecule has 0 radical (unpaired) electrons. The van der Waals surface area contributed by atoms with Gasteiger partial charge in [-0.2, -0.15) is 0 Å². The molecule has 1 N–H and O–H groups in total. The number of nitrogens with one attached hydrogen (secondary N) is 1. The molecular weight excluding hydrogens is 344 g/mol. The normalized spacial score (nSPS) is 17.9. The Kier molecular flexibility index (Phi) is 5.80. The van der Waals surface area contributed by atoms with Gasteiger partial charge in [0.2, 0.25) is 11.8 Å². The molecule has 3 rings (SSSR count). The zero-order valence-electron chi connectivity index (χ0n) is 13.8.